The lowest BCUT2D eigenvalue weighted by atomic mass is 9.90. The van der Waals surface area contributed by atoms with Crippen molar-refractivity contribution in [1.82, 2.24) is 4.98 Å². The van der Waals surface area contributed by atoms with E-state index in [9.17, 15) is 0 Å². The van der Waals surface area contributed by atoms with Gasteiger partial charge in [0.2, 0.25) is 0 Å². The van der Waals surface area contributed by atoms with Gasteiger partial charge in [-0.3, -0.25) is 0 Å². The molecule has 2 aliphatic heterocycles. The highest BCUT2D eigenvalue weighted by molar-refractivity contribution is 8.00. The van der Waals surface area contributed by atoms with E-state index in [0.29, 0.717) is 0 Å². The van der Waals surface area contributed by atoms with Crippen molar-refractivity contribution in [2.45, 2.75) is 20.5 Å². The molecule has 0 bridgehead atoms. The number of para-hydroxylation sites is 2. The predicted molar refractivity (Wildman–Crippen MR) is 238 cm³/mol. The lowest BCUT2D eigenvalue weighted by Gasteiger charge is -2.20. The Morgan fingerprint density at radius 1 is 0.357 bits per heavy atom. The number of fused-ring (bicyclic) bond motifs is 4. The molecule has 0 fully saturated rings. The second kappa shape index (κ2) is 13.8. The number of benzene rings is 8. The lowest BCUT2D eigenvalue weighted by Crippen LogP contribution is -2.03. The van der Waals surface area contributed by atoms with Crippen LogP contribution in [0, 0.1) is 0 Å². The van der Waals surface area contributed by atoms with Crippen LogP contribution in [-0.4, -0.2) is 4.98 Å². The largest absolute Gasteiger partial charge is 0.368 e. The Labute approximate surface area is 334 Å². The van der Waals surface area contributed by atoms with Gasteiger partial charge in [0, 0.05) is 43.4 Å². The van der Waals surface area contributed by atoms with Gasteiger partial charge in [-0.2, -0.15) is 0 Å². The van der Waals surface area contributed by atoms with Crippen LogP contribution in [0.15, 0.2) is 198 Å². The van der Waals surface area contributed by atoms with Gasteiger partial charge >= 0.3 is 0 Å². The molecule has 9 aromatic rings. The number of nitrogens with zero attached hydrogens (tertiary/aromatic N) is 1. The van der Waals surface area contributed by atoms with Crippen molar-refractivity contribution in [2.75, 3.05) is 10.6 Å². The number of thioether (sulfide) groups is 2. The molecular formula is C51H35N3S2. The predicted octanol–water partition coefficient (Wildman–Crippen LogP) is 14.5. The van der Waals surface area contributed by atoms with Crippen molar-refractivity contribution >= 4 is 56.4 Å². The minimum absolute atomic E-state index is 0.123. The first-order valence-electron chi connectivity index (χ1n) is 19.0. The van der Waals surface area contributed by atoms with Gasteiger partial charge in [-0.25, -0.2) is 4.98 Å². The zero-order chi connectivity index (χ0) is 37.0. The average molecular weight is 754 g/mol. The van der Waals surface area contributed by atoms with Gasteiger partial charge in [-0.1, -0.05) is 157 Å². The van der Waals surface area contributed by atoms with Crippen molar-refractivity contribution in [2.24, 2.45) is 0 Å². The van der Waals surface area contributed by atoms with Crippen LogP contribution in [0.3, 0.4) is 0 Å². The van der Waals surface area contributed by atoms with Gasteiger partial charge < -0.3 is 10.6 Å². The van der Waals surface area contributed by atoms with Gasteiger partial charge in [-0.05, 0) is 98.4 Å². The summed E-state index contributed by atoms with van der Waals surface area (Å²) in [6, 6.07) is 68.2. The molecule has 5 heteroatoms. The molecule has 3 heterocycles. The van der Waals surface area contributed by atoms with Crippen LogP contribution in [0.5, 0.6) is 0 Å². The average Bonchev–Trinajstić information content (AvgIpc) is 3.91. The van der Waals surface area contributed by atoms with E-state index >= 15 is 0 Å². The maximum absolute atomic E-state index is 5.76. The molecule has 1 aromatic heterocycles. The summed E-state index contributed by atoms with van der Waals surface area (Å²) < 4.78 is 0. The number of rotatable bonds is 6. The number of nitrogens with one attached hydrogen (secondary N) is 2. The molecule has 0 saturated heterocycles. The molecule has 266 valence electrons. The molecule has 0 radical (unpaired) electrons. The molecule has 2 N–H and O–H groups in total. The Kier molecular flexibility index (Phi) is 8.15. The third-order valence-electron chi connectivity index (χ3n) is 10.9. The molecule has 8 aromatic carbocycles. The SMILES string of the molecule is c1cc(-c2cc(-c3cccc(C4Nc5ccccc5S4)c3)c(-c3ccc4ccccc4c3)nc2-c2ccc3ccccc3c2)cc(C2Nc3ccccc3S2)c1. The van der Waals surface area contributed by atoms with E-state index in [4.69, 9.17) is 4.98 Å². The van der Waals surface area contributed by atoms with Crippen LogP contribution < -0.4 is 10.6 Å². The van der Waals surface area contributed by atoms with E-state index in [1.54, 1.807) is 0 Å². The van der Waals surface area contributed by atoms with E-state index in [1.807, 2.05) is 23.5 Å². The van der Waals surface area contributed by atoms with E-state index in [-0.39, 0.29) is 10.7 Å². The second-order valence-corrected chi connectivity index (χ2v) is 16.7. The fourth-order valence-electron chi connectivity index (χ4n) is 8.08. The van der Waals surface area contributed by atoms with Crippen molar-refractivity contribution in [3.8, 4) is 44.8 Å². The van der Waals surface area contributed by atoms with E-state index < -0.39 is 0 Å². The molecular weight excluding hydrogens is 719 g/mol. The molecule has 2 unspecified atom stereocenters. The van der Waals surface area contributed by atoms with Crippen molar-refractivity contribution < 1.29 is 0 Å². The summed E-state index contributed by atoms with van der Waals surface area (Å²) >= 11 is 3.74. The van der Waals surface area contributed by atoms with Crippen LogP contribution in [0.1, 0.15) is 21.9 Å². The molecule has 0 spiro atoms. The smallest absolute Gasteiger partial charge is 0.103 e. The summed E-state index contributed by atoms with van der Waals surface area (Å²) in [6.07, 6.45) is 0. The maximum atomic E-state index is 5.76. The van der Waals surface area contributed by atoms with Crippen LogP contribution in [0.25, 0.3) is 66.3 Å². The molecule has 56 heavy (non-hydrogen) atoms. The third-order valence-corrected chi connectivity index (χ3v) is 13.4. The van der Waals surface area contributed by atoms with E-state index in [2.05, 4.69) is 199 Å². The zero-order valence-corrected chi connectivity index (χ0v) is 31.9. The Morgan fingerprint density at radius 2 is 0.804 bits per heavy atom. The van der Waals surface area contributed by atoms with Crippen molar-refractivity contribution in [3.05, 3.63) is 199 Å². The molecule has 3 nitrogen and oxygen atoms in total. The monoisotopic (exact) mass is 753 g/mol. The summed E-state index contributed by atoms with van der Waals surface area (Å²) in [7, 11) is 0. The Morgan fingerprint density at radius 3 is 1.29 bits per heavy atom. The second-order valence-electron chi connectivity index (χ2n) is 14.4. The molecule has 11 rings (SSSR count). The van der Waals surface area contributed by atoms with Crippen LogP contribution >= 0.6 is 23.5 Å². The number of aromatic nitrogens is 1. The maximum Gasteiger partial charge on any atom is 0.103 e. The Bertz CT molecular complexity index is 2730. The number of hydrogen-bond donors (Lipinski definition) is 2. The highest BCUT2D eigenvalue weighted by Gasteiger charge is 2.26. The normalized spacial score (nSPS) is 15.6. The topological polar surface area (TPSA) is 37.0 Å². The first-order valence-corrected chi connectivity index (χ1v) is 20.7. The Balaban J connectivity index is 1.12. The minimum atomic E-state index is 0.123. The third kappa shape index (κ3) is 6.01. The summed E-state index contributed by atoms with van der Waals surface area (Å²) in [5.74, 6) is 0. The molecule has 0 aliphatic carbocycles. The van der Waals surface area contributed by atoms with Gasteiger partial charge in [0.05, 0.1) is 11.4 Å². The molecule has 2 aliphatic rings. The fraction of sp³-hybridized carbons (Fsp3) is 0.0392. The van der Waals surface area contributed by atoms with Gasteiger partial charge in [-0.15, -0.1) is 0 Å². The summed E-state index contributed by atoms with van der Waals surface area (Å²) in [5.41, 5.74) is 13.5. The van der Waals surface area contributed by atoms with Crippen LogP contribution in [0.4, 0.5) is 11.4 Å². The summed E-state index contributed by atoms with van der Waals surface area (Å²) in [6.45, 7) is 0. The number of anilines is 2. The van der Waals surface area contributed by atoms with Crippen LogP contribution in [-0.2, 0) is 0 Å². The number of hydrogen-bond acceptors (Lipinski definition) is 5. The highest BCUT2D eigenvalue weighted by Crippen LogP contribution is 2.49. The standard InChI is InChI=1S/C51H35N3S2/c1-3-13-34-27-38(25-23-32(34)11-1)48-42(36-15-9-17-40(29-36)50-52-44-19-5-7-21-46(44)55-50)31-43(49(54-48)39-26-24-33-12-2-4-14-35(33)28-39)37-16-10-18-41(30-37)51-53-45-20-6-8-22-47(45)56-51/h1-31,50-53H. The zero-order valence-electron chi connectivity index (χ0n) is 30.3. The quantitative estimate of drug-likeness (QED) is 0.177. The summed E-state index contributed by atoms with van der Waals surface area (Å²) in [5, 5.41) is 12.6. The highest BCUT2D eigenvalue weighted by atomic mass is 32.2. The van der Waals surface area contributed by atoms with Crippen molar-refractivity contribution in [3.63, 3.8) is 0 Å². The Hall–Kier alpha value is -6.27. The van der Waals surface area contributed by atoms with Gasteiger partial charge in [0.15, 0.2) is 0 Å². The van der Waals surface area contributed by atoms with E-state index in [0.717, 1.165) is 44.8 Å². The minimum Gasteiger partial charge on any atom is -0.368 e. The lowest BCUT2D eigenvalue weighted by molar-refractivity contribution is 1.13. The number of pyridine rings is 1. The van der Waals surface area contributed by atoms with Gasteiger partial charge in [0.25, 0.3) is 0 Å². The molecule has 0 amide bonds. The van der Waals surface area contributed by atoms with Gasteiger partial charge in [0.1, 0.15) is 10.7 Å². The molecule has 2 atom stereocenters. The summed E-state index contributed by atoms with van der Waals surface area (Å²) in [4.78, 5) is 8.32. The fourth-order valence-corrected chi connectivity index (χ4v) is 10.3. The molecule has 0 saturated carbocycles. The van der Waals surface area contributed by atoms with Crippen LogP contribution in [0.2, 0.25) is 0 Å². The van der Waals surface area contributed by atoms with Crippen molar-refractivity contribution in [1.29, 1.82) is 0 Å². The van der Waals surface area contributed by atoms with E-state index in [1.165, 1.54) is 53.8 Å². The first-order chi connectivity index (χ1) is 27.7. The first kappa shape index (κ1) is 33.1.